The topological polar surface area (TPSA) is 35.7 Å². The molecule has 0 unspecified atom stereocenters. The number of anilines is 1. The van der Waals surface area contributed by atoms with E-state index < -0.39 is 5.72 Å². The van der Waals surface area contributed by atoms with Crippen LogP contribution >= 0.6 is 11.8 Å². The molecule has 2 heterocycles. The molecule has 130 valence electrons. The van der Waals surface area contributed by atoms with Gasteiger partial charge in [-0.25, -0.2) is 0 Å². The zero-order valence-corrected chi connectivity index (χ0v) is 15.4. The molecule has 2 aliphatic rings. The second-order valence-corrected chi connectivity index (χ2v) is 7.71. The Kier molecular flexibility index (Phi) is 4.21. The zero-order valence-electron chi connectivity index (χ0n) is 14.6. The predicted molar refractivity (Wildman–Crippen MR) is 103 cm³/mol. The number of thioether (sulfide) groups is 1. The summed E-state index contributed by atoms with van der Waals surface area (Å²) in [7, 11) is 1.66. The van der Waals surface area contributed by atoms with Crippen molar-refractivity contribution in [3.63, 3.8) is 0 Å². The van der Waals surface area contributed by atoms with Gasteiger partial charge in [-0.2, -0.15) is 4.90 Å². The van der Waals surface area contributed by atoms with Crippen molar-refractivity contribution in [1.29, 1.82) is 0 Å². The molecule has 25 heavy (non-hydrogen) atoms. The molecule has 5 heteroatoms. The van der Waals surface area contributed by atoms with E-state index in [1.54, 1.807) is 7.11 Å². The van der Waals surface area contributed by atoms with Gasteiger partial charge in [0, 0.05) is 11.3 Å². The van der Waals surface area contributed by atoms with E-state index >= 15 is 0 Å². The van der Waals surface area contributed by atoms with Crippen LogP contribution in [0.5, 0.6) is 5.75 Å². The first-order valence-corrected chi connectivity index (χ1v) is 9.69. The number of methoxy groups -OCH3 is 1. The van der Waals surface area contributed by atoms with Crippen LogP contribution in [0.4, 0.5) is 5.69 Å². The molecule has 0 fully saturated rings. The van der Waals surface area contributed by atoms with Crippen molar-refractivity contribution in [1.82, 2.24) is 0 Å². The van der Waals surface area contributed by atoms with E-state index in [1.807, 2.05) is 36.0 Å². The van der Waals surface area contributed by atoms with Crippen molar-refractivity contribution < 1.29 is 14.4 Å². The summed E-state index contributed by atoms with van der Waals surface area (Å²) < 4.78 is 7.59. The van der Waals surface area contributed by atoms with Gasteiger partial charge in [0.2, 0.25) is 0 Å². The van der Waals surface area contributed by atoms with Gasteiger partial charge in [-0.15, -0.1) is 11.8 Å². The lowest BCUT2D eigenvalue weighted by Crippen LogP contribution is -2.48. The summed E-state index contributed by atoms with van der Waals surface area (Å²) >= 11 is 1.92. The van der Waals surface area contributed by atoms with Gasteiger partial charge in [0.1, 0.15) is 11.4 Å². The maximum atomic E-state index is 11.8. The van der Waals surface area contributed by atoms with Crippen LogP contribution in [-0.2, 0) is 5.72 Å². The van der Waals surface area contributed by atoms with Gasteiger partial charge in [-0.3, -0.25) is 4.58 Å². The molecule has 0 saturated heterocycles. The Hall–Kier alpha value is -1.98. The molecule has 2 aromatic rings. The Morgan fingerprint density at radius 1 is 1.12 bits per heavy atom. The molecule has 0 spiro atoms. The van der Waals surface area contributed by atoms with Gasteiger partial charge >= 0.3 is 0 Å². The second-order valence-electron chi connectivity index (χ2n) is 6.61. The van der Waals surface area contributed by atoms with E-state index in [4.69, 9.17) is 4.74 Å². The van der Waals surface area contributed by atoms with Gasteiger partial charge in [0.25, 0.3) is 11.6 Å². The average Bonchev–Trinajstić information content (AvgIpc) is 2.96. The Balaban J connectivity index is 1.80. The van der Waals surface area contributed by atoms with E-state index in [-0.39, 0.29) is 0 Å². The third-order valence-electron chi connectivity index (χ3n) is 4.99. The van der Waals surface area contributed by atoms with Crippen LogP contribution in [0.3, 0.4) is 0 Å². The van der Waals surface area contributed by atoms with Crippen LogP contribution in [-0.4, -0.2) is 47.2 Å². The number of aryl methyl sites for hydroxylation is 1. The average molecular weight is 355 g/mol. The van der Waals surface area contributed by atoms with Crippen molar-refractivity contribution in [2.45, 2.75) is 12.6 Å². The molecule has 4 rings (SSSR count). The van der Waals surface area contributed by atoms with E-state index in [2.05, 4.69) is 40.7 Å². The highest BCUT2D eigenvalue weighted by atomic mass is 32.2. The van der Waals surface area contributed by atoms with Crippen molar-refractivity contribution in [2.24, 2.45) is 0 Å². The lowest BCUT2D eigenvalue weighted by atomic mass is 10.0. The first-order valence-electron chi connectivity index (χ1n) is 8.54. The number of benzene rings is 2. The summed E-state index contributed by atoms with van der Waals surface area (Å²) in [6.45, 7) is 3.64. The first-order chi connectivity index (χ1) is 12.1. The van der Waals surface area contributed by atoms with Crippen LogP contribution in [0, 0.1) is 6.92 Å². The summed E-state index contributed by atoms with van der Waals surface area (Å²) in [6.07, 6.45) is 0. The SMILES string of the molecule is COc1ccc([C@@]2(O)C[N+]3=C(CSCC3)N2c2ccc(C)cc2)cc1. The molecule has 0 amide bonds. The van der Waals surface area contributed by atoms with E-state index in [9.17, 15) is 5.11 Å². The smallest absolute Gasteiger partial charge is 0.275 e. The normalized spacial score (nSPS) is 22.9. The van der Waals surface area contributed by atoms with Gasteiger partial charge < -0.3 is 9.84 Å². The van der Waals surface area contributed by atoms with E-state index in [1.165, 1.54) is 11.4 Å². The minimum Gasteiger partial charge on any atom is -0.497 e. The van der Waals surface area contributed by atoms with E-state index in [0.29, 0.717) is 6.54 Å². The third kappa shape index (κ3) is 2.81. The summed E-state index contributed by atoms with van der Waals surface area (Å²) in [5.41, 5.74) is 2.07. The largest absolute Gasteiger partial charge is 0.497 e. The van der Waals surface area contributed by atoms with Crippen LogP contribution in [0.25, 0.3) is 0 Å². The van der Waals surface area contributed by atoms with Crippen LogP contribution in [0.15, 0.2) is 48.5 Å². The van der Waals surface area contributed by atoms with E-state index in [0.717, 1.165) is 35.1 Å². The molecule has 0 saturated carbocycles. The highest BCUT2D eigenvalue weighted by molar-refractivity contribution is 8.00. The number of hydrogen-bond acceptors (Lipinski definition) is 4. The Bertz CT molecular complexity index is 801. The minimum absolute atomic E-state index is 0.586. The number of nitrogens with zero attached hydrogens (tertiary/aromatic N) is 2. The van der Waals surface area contributed by atoms with Crippen molar-refractivity contribution in [2.75, 3.05) is 36.6 Å². The Morgan fingerprint density at radius 2 is 1.84 bits per heavy atom. The number of ether oxygens (including phenoxy) is 1. The van der Waals surface area contributed by atoms with Gasteiger partial charge in [0.15, 0.2) is 6.54 Å². The molecule has 4 nitrogen and oxygen atoms in total. The molecular weight excluding hydrogens is 332 g/mol. The quantitative estimate of drug-likeness (QED) is 0.859. The second kappa shape index (κ2) is 6.39. The summed E-state index contributed by atoms with van der Waals surface area (Å²) in [6, 6.07) is 16.2. The van der Waals surface area contributed by atoms with Crippen molar-refractivity contribution in [3.05, 3.63) is 59.7 Å². The molecule has 2 aromatic carbocycles. The summed E-state index contributed by atoms with van der Waals surface area (Å²) in [5, 5.41) is 11.8. The van der Waals surface area contributed by atoms with Crippen molar-refractivity contribution >= 4 is 23.3 Å². The Morgan fingerprint density at radius 3 is 2.52 bits per heavy atom. The molecule has 1 atom stereocenters. The summed E-state index contributed by atoms with van der Waals surface area (Å²) in [5.74, 6) is 4.02. The number of aliphatic hydroxyl groups is 1. The number of hydrogen-bond donors (Lipinski definition) is 1. The first kappa shape index (κ1) is 16.5. The predicted octanol–water partition coefficient (Wildman–Crippen LogP) is 2.83. The monoisotopic (exact) mass is 355 g/mol. The zero-order chi connectivity index (χ0) is 17.4. The maximum absolute atomic E-state index is 11.8. The van der Waals surface area contributed by atoms with Crippen LogP contribution in [0.2, 0.25) is 0 Å². The maximum Gasteiger partial charge on any atom is 0.275 e. The highest BCUT2D eigenvalue weighted by Gasteiger charge is 2.54. The fraction of sp³-hybridized carbons (Fsp3) is 0.350. The molecular formula is C20H23N2O2S+. The fourth-order valence-electron chi connectivity index (χ4n) is 3.62. The van der Waals surface area contributed by atoms with Crippen molar-refractivity contribution in [3.8, 4) is 5.75 Å². The third-order valence-corrected chi connectivity index (χ3v) is 5.92. The van der Waals surface area contributed by atoms with Crippen LogP contribution in [0.1, 0.15) is 11.1 Å². The molecule has 0 radical (unpaired) electrons. The highest BCUT2D eigenvalue weighted by Crippen LogP contribution is 2.38. The minimum atomic E-state index is -1.07. The lowest BCUT2D eigenvalue weighted by molar-refractivity contribution is -0.530. The van der Waals surface area contributed by atoms with Crippen LogP contribution < -0.4 is 9.64 Å². The summed E-state index contributed by atoms with van der Waals surface area (Å²) in [4.78, 5) is 2.11. The molecule has 2 aliphatic heterocycles. The van der Waals surface area contributed by atoms with Gasteiger partial charge in [-0.1, -0.05) is 17.7 Å². The molecule has 0 aliphatic carbocycles. The van der Waals surface area contributed by atoms with Gasteiger partial charge in [0.05, 0.1) is 19.4 Å². The lowest BCUT2D eigenvalue weighted by Gasteiger charge is -2.29. The Labute approximate surface area is 152 Å². The molecule has 0 aromatic heterocycles. The standard InChI is InChI=1S/C20H23N2O2S/c1-15-3-7-17(8-4-15)22-19-13-25-12-11-21(19)14-20(22,23)16-5-9-18(24-2)10-6-16/h3-10,23H,11-14H2,1-2H3/q+1/t20-/m0/s1. The molecule has 1 N–H and O–H groups in total. The fourth-order valence-corrected chi connectivity index (χ4v) is 4.61. The van der Waals surface area contributed by atoms with Gasteiger partial charge in [-0.05, 0) is 43.3 Å². The number of rotatable bonds is 3. The number of amidine groups is 1. The molecule has 0 bridgehead atoms.